The van der Waals surface area contributed by atoms with E-state index in [4.69, 9.17) is 14.7 Å². The molecule has 7 nitrogen and oxygen atoms in total. The number of hydroxylamine groups is 1. The quantitative estimate of drug-likeness (QED) is 0.566. The zero-order valence-corrected chi connectivity index (χ0v) is 13.1. The Kier molecular flexibility index (Phi) is 4.82. The molecule has 7 heteroatoms. The van der Waals surface area contributed by atoms with E-state index in [1.54, 1.807) is 23.7 Å². The molecule has 0 saturated carbocycles. The van der Waals surface area contributed by atoms with E-state index >= 15 is 0 Å². The summed E-state index contributed by atoms with van der Waals surface area (Å²) in [7, 11) is 0. The molecule has 1 saturated heterocycles. The SMILES string of the molecule is CC1c2ccc(C(=O)NO)cc2OCCN1C(O)C1CCOC1. The third kappa shape index (κ3) is 3.18. The highest BCUT2D eigenvalue weighted by molar-refractivity contribution is 5.93. The van der Waals surface area contributed by atoms with Crippen LogP contribution < -0.4 is 10.2 Å². The fraction of sp³-hybridized carbons (Fsp3) is 0.562. The summed E-state index contributed by atoms with van der Waals surface area (Å²) >= 11 is 0. The monoisotopic (exact) mass is 322 g/mol. The van der Waals surface area contributed by atoms with Crippen molar-refractivity contribution in [1.29, 1.82) is 0 Å². The number of nitrogens with zero attached hydrogens (tertiary/aromatic N) is 1. The molecule has 0 spiro atoms. The first-order chi connectivity index (χ1) is 11.1. The van der Waals surface area contributed by atoms with Crippen LogP contribution in [0.25, 0.3) is 0 Å². The molecular formula is C16H22N2O5. The van der Waals surface area contributed by atoms with Crippen molar-refractivity contribution >= 4 is 5.91 Å². The highest BCUT2D eigenvalue weighted by Gasteiger charge is 2.34. The van der Waals surface area contributed by atoms with Crippen LogP contribution >= 0.6 is 0 Å². The van der Waals surface area contributed by atoms with Crippen molar-refractivity contribution in [3.05, 3.63) is 29.3 Å². The van der Waals surface area contributed by atoms with Crippen LogP contribution in [0.15, 0.2) is 18.2 Å². The molecule has 1 fully saturated rings. The number of amides is 1. The molecule has 1 aromatic rings. The molecule has 0 bridgehead atoms. The van der Waals surface area contributed by atoms with E-state index in [1.807, 2.05) is 11.8 Å². The molecular weight excluding hydrogens is 300 g/mol. The summed E-state index contributed by atoms with van der Waals surface area (Å²) in [6, 6.07) is 5.01. The van der Waals surface area contributed by atoms with E-state index in [2.05, 4.69) is 0 Å². The van der Waals surface area contributed by atoms with Gasteiger partial charge in [-0.3, -0.25) is 14.9 Å². The minimum Gasteiger partial charge on any atom is -0.492 e. The number of nitrogens with one attached hydrogen (secondary N) is 1. The summed E-state index contributed by atoms with van der Waals surface area (Å²) in [5.74, 6) is 0.141. The normalized spacial score (nSPS) is 26.0. The van der Waals surface area contributed by atoms with Gasteiger partial charge in [0.15, 0.2) is 0 Å². The van der Waals surface area contributed by atoms with Gasteiger partial charge in [-0.1, -0.05) is 6.07 Å². The Balaban J connectivity index is 1.84. The summed E-state index contributed by atoms with van der Waals surface area (Å²) in [5, 5.41) is 19.4. The van der Waals surface area contributed by atoms with E-state index in [1.165, 1.54) is 0 Å². The summed E-state index contributed by atoms with van der Waals surface area (Å²) in [6.45, 7) is 4.30. The Hall–Kier alpha value is -1.67. The first kappa shape index (κ1) is 16.2. The number of hydrogen-bond donors (Lipinski definition) is 3. The fourth-order valence-corrected chi connectivity index (χ4v) is 3.26. The first-order valence-electron chi connectivity index (χ1n) is 7.84. The molecule has 0 radical (unpaired) electrons. The zero-order valence-electron chi connectivity index (χ0n) is 13.1. The van der Waals surface area contributed by atoms with Crippen LogP contribution in [0, 0.1) is 5.92 Å². The van der Waals surface area contributed by atoms with E-state index in [0.717, 1.165) is 12.0 Å². The predicted molar refractivity (Wildman–Crippen MR) is 81.2 cm³/mol. The zero-order chi connectivity index (χ0) is 16.4. The van der Waals surface area contributed by atoms with Crippen LogP contribution in [0.1, 0.15) is 35.3 Å². The molecule has 3 atom stereocenters. The van der Waals surface area contributed by atoms with E-state index in [9.17, 15) is 9.90 Å². The molecule has 0 aromatic heterocycles. The lowest BCUT2D eigenvalue weighted by atomic mass is 10.00. The topological polar surface area (TPSA) is 91.3 Å². The van der Waals surface area contributed by atoms with Gasteiger partial charge < -0.3 is 14.6 Å². The molecule has 3 rings (SSSR count). The predicted octanol–water partition coefficient (Wildman–Crippen LogP) is 0.916. The number of carbonyl (C=O) groups excluding carboxylic acids is 1. The molecule has 3 unspecified atom stereocenters. The first-order valence-corrected chi connectivity index (χ1v) is 7.84. The van der Waals surface area contributed by atoms with Crippen LogP contribution in [0.3, 0.4) is 0 Å². The van der Waals surface area contributed by atoms with Crippen LogP contribution in [0.4, 0.5) is 0 Å². The molecule has 0 aliphatic carbocycles. The van der Waals surface area contributed by atoms with Crippen molar-refractivity contribution in [2.45, 2.75) is 25.6 Å². The van der Waals surface area contributed by atoms with Gasteiger partial charge in [0.2, 0.25) is 0 Å². The molecule has 126 valence electrons. The maximum Gasteiger partial charge on any atom is 0.274 e. The minimum absolute atomic E-state index is 0.0469. The van der Waals surface area contributed by atoms with Crippen molar-refractivity contribution in [3.63, 3.8) is 0 Å². The Labute approximate surface area is 134 Å². The van der Waals surface area contributed by atoms with Crippen molar-refractivity contribution in [2.75, 3.05) is 26.4 Å². The second-order valence-corrected chi connectivity index (χ2v) is 5.99. The number of carbonyl (C=O) groups is 1. The highest BCUT2D eigenvalue weighted by atomic mass is 16.5. The van der Waals surface area contributed by atoms with Gasteiger partial charge in [0.1, 0.15) is 18.6 Å². The number of aliphatic hydroxyl groups is 1. The van der Waals surface area contributed by atoms with Crippen molar-refractivity contribution in [2.24, 2.45) is 5.92 Å². The van der Waals surface area contributed by atoms with Gasteiger partial charge in [0, 0.05) is 36.2 Å². The minimum atomic E-state index is -0.581. The summed E-state index contributed by atoms with van der Waals surface area (Å²) in [4.78, 5) is 13.5. The number of rotatable bonds is 3. The Morgan fingerprint density at radius 3 is 2.96 bits per heavy atom. The average Bonchev–Trinajstić information content (AvgIpc) is 3.06. The van der Waals surface area contributed by atoms with Gasteiger partial charge in [-0.25, -0.2) is 5.48 Å². The van der Waals surface area contributed by atoms with Crippen molar-refractivity contribution in [3.8, 4) is 5.75 Å². The fourth-order valence-electron chi connectivity index (χ4n) is 3.26. The molecule has 3 N–H and O–H groups in total. The van der Waals surface area contributed by atoms with Crippen LogP contribution in [-0.2, 0) is 4.74 Å². The lowest BCUT2D eigenvalue weighted by molar-refractivity contribution is -0.0630. The van der Waals surface area contributed by atoms with E-state index in [-0.39, 0.29) is 12.0 Å². The molecule has 1 amide bonds. The van der Waals surface area contributed by atoms with Crippen LogP contribution in [0.5, 0.6) is 5.75 Å². The Bertz CT molecular complexity index is 574. The second kappa shape index (κ2) is 6.84. The lowest BCUT2D eigenvalue weighted by Gasteiger charge is -2.34. The Morgan fingerprint density at radius 2 is 2.26 bits per heavy atom. The third-order valence-corrected chi connectivity index (χ3v) is 4.66. The van der Waals surface area contributed by atoms with Gasteiger partial charge in [-0.2, -0.15) is 0 Å². The van der Waals surface area contributed by atoms with Gasteiger partial charge in [0.25, 0.3) is 5.91 Å². The largest absolute Gasteiger partial charge is 0.492 e. The molecule has 2 aliphatic rings. The number of aliphatic hydroxyl groups excluding tert-OH is 1. The van der Waals surface area contributed by atoms with Crippen molar-refractivity contribution < 1.29 is 24.6 Å². The summed E-state index contributed by atoms with van der Waals surface area (Å²) < 4.78 is 11.1. The average molecular weight is 322 g/mol. The third-order valence-electron chi connectivity index (χ3n) is 4.66. The number of fused-ring (bicyclic) bond motifs is 1. The lowest BCUT2D eigenvalue weighted by Crippen LogP contribution is -2.43. The van der Waals surface area contributed by atoms with Gasteiger partial charge in [0.05, 0.1) is 6.61 Å². The second-order valence-electron chi connectivity index (χ2n) is 5.99. The number of benzene rings is 1. The van der Waals surface area contributed by atoms with Gasteiger partial charge in [-0.05, 0) is 25.5 Å². The molecule has 23 heavy (non-hydrogen) atoms. The van der Waals surface area contributed by atoms with Crippen LogP contribution in [0.2, 0.25) is 0 Å². The van der Waals surface area contributed by atoms with Gasteiger partial charge in [-0.15, -0.1) is 0 Å². The number of ether oxygens (including phenoxy) is 2. The molecule has 1 aromatic carbocycles. The number of hydrogen-bond acceptors (Lipinski definition) is 6. The van der Waals surface area contributed by atoms with Crippen molar-refractivity contribution in [1.82, 2.24) is 10.4 Å². The standard InChI is InChI=1S/C16H22N2O5/c1-10-13-3-2-11(15(19)17-21)8-14(13)23-7-5-18(10)16(20)12-4-6-22-9-12/h2-3,8,10,12,16,20-21H,4-7,9H2,1H3,(H,17,19). The molecule has 2 aliphatic heterocycles. The van der Waals surface area contributed by atoms with E-state index in [0.29, 0.717) is 37.7 Å². The molecule has 2 heterocycles. The maximum absolute atomic E-state index is 11.5. The van der Waals surface area contributed by atoms with Gasteiger partial charge >= 0.3 is 0 Å². The smallest absolute Gasteiger partial charge is 0.274 e. The summed E-state index contributed by atoms with van der Waals surface area (Å²) in [5.41, 5.74) is 2.86. The van der Waals surface area contributed by atoms with Crippen LogP contribution in [-0.4, -0.2) is 53.7 Å². The highest BCUT2D eigenvalue weighted by Crippen LogP contribution is 2.35. The Morgan fingerprint density at radius 1 is 1.43 bits per heavy atom. The maximum atomic E-state index is 11.5. The van der Waals surface area contributed by atoms with E-state index < -0.39 is 12.1 Å². The summed E-state index contributed by atoms with van der Waals surface area (Å²) in [6.07, 6.45) is 0.274.